The zero-order chi connectivity index (χ0) is 23.9. The predicted octanol–water partition coefficient (Wildman–Crippen LogP) is 6.20. The molecule has 2 aromatic carbocycles. The second kappa shape index (κ2) is 8.36. The van der Waals surface area contributed by atoms with Crippen LogP contribution in [0.15, 0.2) is 48.7 Å². The average molecular weight is 479 g/mol. The fourth-order valence-corrected chi connectivity index (χ4v) is 3.35. The van der Waals surface area contributed by atoms with Gasteiger partial charge in [-0.15, -0.1) is 0 Å². The Balaban J connectivity index is 1.66. The fraction of sp³-hybridized carbons (Fsp3) is 0.0909. The number of alkyl halides is 3. The molecule has 1 amide bonds. The van der Waals surface area contributed by atoms with Gasteiger partial charge in [-0.2, -0.15) is 13.2 Å². The minimum atomic E-state index is -4.63. The Hall–Kier alpha value is -3.66. The molecule has 0 saturated heterocycles. The number of halogens is 6. The highest BCUT2D eigenvalue weighted by molar-refractivity contribution is 6.33. The molecule has 2 aromatic heterocycles. The van der Waals surface area contributed by atoms with Crippen LogP contribution in [0.1, 0.15) is 21.7 Å². The lowest BCUT2D eigenvalue weighted by atomic mass is 10.1. The fourth-order valence-electron chi connectivity index (χ4n) is 3.14. The van der Waals surface area contributed by atoms with Crippen molar-refractivity contribution in [2.24, 2.45) is 0 Å². The molecule has 33 heavy (non-hydrogen) atoms. The van der Waals surface area contributed by atoms with Crippen molar-refractivity contribution in [2.75, 3.05) is 5.32 Å². The topological polar surface area (TPSA) is 67.8 Å². The van der Waals surface area contributed by atoms with Crippen LogP contribution >= 0.6 is 11.6 Å². The largest absolute Gasteiger partial charge is 0.433 e. The molecule has 11 heteroatoms. The lowest BCUT2D eigenvalue weighted by Gasteiger charge is -2.12. The number of benzene rings is 2. The number of rotatable bonds is 3. The van der Waals surface area contributed by atoms with Crippen molar-refractivity contribution >= 4 is 34.2 Å². The number of hydrogen-bond donors (Lipinski definition) is 1. The number of fused-ring (bicyclic) bond motifs is 1. The SMILES string of the molecule is Cc1nc(C(F)(F)F)ccc1C(=O)Nc1ccc(Cl)c(-c2cnc3c(F)cc(F)cc3n2)c1. The lowest BCUT2D eigenvalue weighted by Crippen LogP contribution is -2.16. The Labute approximate surface area is 188 Å². The summed E-state index contributed by atoms with van der Waals surface area (Å²) in [6.07, 6.45) is -3.38. The van der Waals surface area contributed by atoms with E-state index in [1.165, 1.54) is 31.3 Å². The maximum absolute atomic E-state index is 13.9. The molecule has 4 rings (SSSR count). The van der Waals surface area contributed by atoms with E-state index >= 15 is 0 Å². The highest BCUT2D eigenvalue weighted by Crippen LogP contribution is 2.31. The number of carbonyl (C=O) groups is 1. The second-order valence-electron chi connectivity index (χ2n) is 6.99. The molecule has 0 radical (unpaired) electrons. The summed E-state index contributed by atoms with van der Waals surface area (Å²) in [6.45, 7) is 1.29. The van der Waals surface area contributed by atoms with Gasteiger partial charge in [0.2, 0.25) is 0 Å². The molecular formula is C22H12ClF5N4O. The zero-order valence-corrected chi connectivity index (χ0v) is 17.4. The van der Waals surface area contributed by atoms with E-state index in [1.807, 2.05) is 0 Å². The Morgan fingerprint density at radius 2 is 1.79 bits per heavy atom. The van der Waals surface area contributed by atoms with Crippen LogP contribution in [0.2, 0.25) is 5.02 Å². The summed E-state index contributed by atoms with van der Waals surface area (Å²) in [4.78, 5) is 24.2. The van der Waals surface area contributed by atoms with Crippen LogP contribution in [0.25, 0.3) is 22.3 Å². The summed E-state index contributed by atoms with van der Waals surface area (Å²) >= 11 is 6.24. The molecule has 1 N–H and O–H groups in total. The minimum Gasteiger partial charge on any atom is -0.322 e. The number of carbonyl (C=O) groups excluding carboxylic acids is 1. The van der Waals surface area contributed by atoms with Crippen LogP contribution < -0.4 is 5.32 Å². The number of aromatic nitrogens is 3. The number of nitrogens with one attached hydrogen (secondary N) is 1. The molecule has 168 valence electrons. The molecule has 0 bridgehead atoms. The first-order valence-corrected chi connectivity index (χ1v) is 9.68. The zero-order valence-electron chi connectivity index (χ0n) is 16.6. The number of hydrogen-bond acceptors (Lipinski definition) is 4. The van der Waals surface area contributed by atoms with E-state index in [0.29, 0.717) is 11.6 Å². The number of anilines is 1. The Bertz CT molecular complexity index is 1410. The smallest absolute Gasteiger partial charge is 0.322 e. The van der Waals surface area contributed by atoms with Crippen molar-refractivity contribution in [1.29, 1.82) is 0 Å². The van der Waals surface area contributed by atoms with Gasteiger partial charge in [-0.1, -0.05) is 11.6 Å². The van der Waals surface area contributed by atoms with Crippen molar-refractivity contribution in [3.8, 4) is 11.3 Å². The predicted molar refractivity (Wildman–Crippen MR) is 112 cm³/mol. The molecule has 0 aliphatic rings. The van der Waals surface area contributed by atoms with Gasteiger partial charge in [0.05, 0.1) is 33.7 Å². The third-order valence-corrected chi connectivity index (χ3v) is 5.02. The van der Waals surface area contributed by atoms with Crippen molar-refractivity contribution in [3.63, 3.8) is 0 Å². The molecule has 0 aliphatic carbocycles. The molecule has 0 spiro atoms. The first kappa shape index (κ1) is 22.5. The Kier molecular flexibility index (Phi) is 5.71. The van der Waals surface area contributed by atoms with Gasteiger partial charge < -0.3 is 5.32 Å². The van der Waals surface area contributed by atoms with Gasteiger partial charge in [-0.05, 0) is 37.3 Å². The monoisotopic (exact) mass is 478 g/mol. The number of pyridine rings is 1. The minimum absolute atomic E-state index is 0.0260. The Morgan fingerprint density at radius 1 is 1.03 bits per heavy atom. The number of nitrogens with zero attached hydrogens (tertiary/aromatic N) is 3. The quantitative estimate of drug-likeness (QED) is 0.356. The van der Waals surface area contributed by atoms with Gasteiger partial charge in [-0.25, -0.2) is 23.7 Å². The molecule has 0 atom stereocenters. The standard InChI is InChI=1S/C22H12ClF5N4O/c1-10-13(3-5-19(30-10)22(26,27)28)21(33)31-12-2-4-15(23)14(8-12)18-9-29-20-16(25)6-11(24)7-17(20)32-18/h2-9H,1H3,(H,31,33). The van der Waals surface area contributed by atoms with E-state index in [4.69, 9.17) is 11.6 Å². The third-order valence-electron chi connectivity index (χ3n) is 4.69. The van der Waals surface area contributed by atoms with Crippen LogP contribution in [-0.2, 0) is 6.18 Å². The van der Waals surface area contributed by atoms with E-state index in [2.05, 4.69) is 20.3 Å². The Morgan fingerprint density at radius 3 is 2.48 bits per heavy atom. The molecule has 0 fully saturated rings. The third kappa shape index (κ3) is 4.61. The van der Waals surface area contributed by atoms with Crippen molar-refractivity contribution in [1.82, 2.24) is 15.0 Å². The maximum Gasteiger partial charge on any atom is 0.433 e. The summed E-state index contributed by atoms with van der Waals surface area (Å²) in [5.41, 5.74) is -0.624. The van der Waals surface area contributed by atoms with Gasteiger partial charge in [0.1, 0.15) is 17.0 Å². The number of aryl methyl sites for hydroxylation is 1. The van der Waals surface area contributed by atoms with E-state index in [0.717, 1.165) is 18.2 Å². The van der Waals surface area contributed by atoms with Crippen LogP contribution in [0.4, 0.5) is 27.6 Å². The van der Waals surface area contributed by atoms with Gasteiger partial charge in [-0.3, -0.25) is 4.79 Å². The molecule has 2 heterocycles. The number of amides is 1. The van der Waals surface area contributed by atoms with Crippen LogP contribution in [0.3, 0.4) is 0 Å². The van der Waals surface area contributed by atoms with E-state index in [9.17, 15) is 26.7 Å². The summed E-state index contributed by atoms with van der Waals surface area (Å²) in [6, 6.07) is 7.87. The first-order chi connectivity index (χ1) is 15.5. The van der Waals surface area contributed by atoms with E-state index in [1.54, 1.807) is 0 Å². The highest BCUT2D eigenvalue weighted by Gasteiger charge is 2.33. The summed E-state index contributed by atoms with van der Waals surface area (Å²) in [5.74, 6) is -2.37. The molecule has 0 aliphatic heterocycles. The van der Waals surface area contributed by atoms with Crippen molar-refractivity contribution < 1.29 is 26.7 Å². The van der Waals surface area contributed by atoms with E-state index < -0.39 is 29.4 Å². The summed E-state index contributed by atoms with van der Waals surface area (Å²) < 4.78 is 65.8. The second-order valence-corrected chi connectivity index (χ2v) is 7.39. The highest BCUT2D eigenvalue weighted by atomic mass is 35.5. The first-order valence-electron chi connectivity index (χ1n) is 9.31. The summed E-state index contributed by atoms with van der Waals surface area (Å²) in [5, 5.41) is 2.79. The molecule has 4 aromatic rings. The van der Waals surface area contributed by atoms with Gasteiger partial charge in [0.25, 0.3) is 5.91 Å². The average Bonchev–Trinajstić information content (AvgIpc) is 2.73. The van der Waals surface area contributed by atoms with Crippen molar-refractivity contribution in [2.45, 2.75) is 13.1 Å². The molecular weight excluding hydrogens is 467 g/mol. The van der Waals surface area contributed by atoms with Crippen LogP contribution in [0.5, 0.6) is 0 Å². The summed E-state index contributed by atoms with van der Waals surface area (Å²) in [7, 11) is 0. The normalized spacial score (nSPS) is 11.6. The van der Waals surface area contributed by atoms with Crippen molar-refractivity contribution in [3.05, 3.63) is 82.3 Å². The van der Waals surface area contributed by atoms with Crippen LogP contribution in [0, 0.1) is 18.6 Å². The molecule has 0 saturated carbocycles. The lowest BCUT2D eigenvalue weighted by molar-refractivity contribution is -0.141. The molecule has 0 unspecified atom stereocenters. The van der Waals surface area contributed by atoms with E-state index in [-0.39, 0.29) is 38.7 Å². The van der Waals surface area contributed by atoms with Crippen LogP contribution in [-0.4, -0.2) is 20.9 Å². The van der Waals surface area contributed by atoms with Gasteiger partial charge in [0.15, 0.2) is 5.82 Å². The molecule has 5 nitrogen and oxygen atoms in total. The van der Waals surface area contributed by atoms with Gasteiger partial charge in [0, 0.05) is 23.4 Å². The van der Waals surface area contributed by atoms with Gasteiger partial charge >= 0.3 is 6.18 Å². The maximum atomic E-state index is 13.9.